The van der Waals surface area contributed by atoms with Crippen LogP contribution in [0.1, 0.15) is 18.4 Å². The third-order valence-electron chi connectivity index (χ3n) is 2.44. The van der Waals surface area contributed by atoms with E-state index in [1.54, 1.807) is 0 Å². The van der Waals surface area contributed by atoms with Crippen molar-refractivity contribution < 1.29 is 0 Å². The predicted molar refractivity (Wildman–Crippen MR) is 73.6 cm³/mol. The first-order chi connectivity index (χ1) is 7.58. The van der Waals surface area contributed by atoms with Crippen LogP contribution in [0.5, 0.6) is 0 Å². The van der Waals surface area contributed by atoms with E-state index in [-0.39, 0.29) is 0 Å². The molecule has 0 bridgehead atoms. The van der Waals surface area contributed by atoms with Crippen LogP contribution in [0.3, 0.4) is 0 Å². The van der Waals surface area contributed by atoms with Crippen LogP contribution >= 0.6 is 35.4 Å². The normalized spacial score (nSPS) is 14.7. The molecule has 2 nitrogen and oxygen atoms in total. The fourth-order valence-corrected chi connectivity index (χ4v) is 2.07. The van der Waals surface area contributed by atoms with Gasteiger partial charge in [0.05, 0.1) is 15.7 Å². The summed E-state index contributed by atoms with van der Waals surface area (Å²) < 4.78 is 0. The highest BCUT2D eigenvalue weighted by molar-refractivity contribution is 7.80. The van der Waals surface area contributed by atoms with Crippen LogP contribution in [0, 0.1) is 6.92 Å². The Bertz CT molecular complexity index is 430. The lowest BCUT2D eigenvalue weighted by Gasteiger charge is -2.13. The average molecular weight is 275 g/mol. The van der Waals surface area contributed by atoms with Crippen molar-refractivity contribution in [2.75, 3.05) is 5.32 Å². The molecule has 0 atom stereocenters. The molecule has 0 spiro atoms. The summed E-state index contributed by atoms with van der Waals surface area (Å²) in [6, 6.07) is 4.21. The molecule has 16 heavy (non-hydrogen) atoms. The van der Waals surface area contributed by atoms with Crippen LogP contribution < -0.4 is 10.6 Å². The van der Waals surface area contributed by atoms with Crippen molar-refractivity contribution in [2.45, 2.75) is 25.8 Å². The molecule has 0 heterocycles. The van der Waals surface area contributed by atoms with Crippen LogP contribution in [0.2, 0.25) is 10.0 Å². The van der Waals surface area contributed by atoms with Crippen LogP contribution in [-0.4, -0.2) is 11.2 Å². The molecular weight excluding hydrogens is 263 g/mol. The summed E-state index contributed by atoms with van der Waals surface area (Å²) in [5.74, 6) is 0. The number of hydrogen-bond donors (Lipinski definition) is 2. The van der Waals surface area contributed by atoms with E-state index >= 15 is 0 Å². The molecule has 2 rings (SSSR count). The molecular formula is C11H12Cl2N2S. The molecule has 1 aliphatic carbocycles. The van der Waals surface area contributed by atoms with Crippen LogP contribution in [0.4, 0.5) is 5.69 Å². The number of benzene rings is 1. The molecule has 0 aliphatic heterocycles. The Morgan fingerprint density at radius 2 is 2.06 bits per heavy atom. The zero-order chi connectivity index (χ0) is 11.7. The minimum atomic E-state index is 0.516. The molecule has 1 aliphatic rings. The number of hydrogen-bond acceptors (Lipinski definition) is 1. The van der Waals surface area contributed by atoms with E-state index in [0.717, 1.165) is 5.56 Å². The fourth-order valence-electron chi connectivity index (χ4n) is 1.33. The Kier molecular flexibility index (Phi) is 3.57. The lowest BCUT2D eigenvalue weighted by molar-refractivity contribution is 0.919. The number of nitrogens with one attached hydrogen (secondary N) is 2. The smallest absolute Gasteiger partial charge is 0.171 e. The second kappa shape index (κ2) is 4.78. The van der Waals surface area contributed by atoms with Gasteiger partial charge in [-0.05, 0) is 43.6 Å². The third kappa shape index (κ3) is 2.78. The second-order valence-electron chi connectivity index (χ2n) is 3.93. The van der Waals surface area contributed by atoms with Gasteiger partial charge in [-0.25, -0.2) is 0 Å². The molecule has 86 valence electrons. The van der Waals surface area contributed by atoms with Gasteiger partial charge in [0.2, 0.25) is 0 Å². The standard InChI is InChI=1S/C11H12Cl2N2S/c1-6-2-5-8(12)10(9(6)13)15-11(16)14-7-3-4-7/h2,5,7H,3-4H2,1H3,(H2,14,15,16). The van der Waals surface area contributed by atoms with E-state index in [1.165, 1.54) is 12.8 Å². The van der Waals surface area contributed by atoms with Crippen LogP contribution in [0.25, 0.3) is 0 Å². The van der Waals surface area contributed by atoms with Gasteiger partial charge in [-0.1, -0.05) is 29.3 Å². The molecule has 1 fully saturated rings. The van der Waals surface area contributed by atoms with Gasteiger partial charge in [-0.15, -0.1) is 0 Å². The molecule has 1 aromatic rings. The molecule has 5 heteroatoms. The maximum absolute atomic E-state index is 6.16. The molecule has 0 amide bonds. The number of thiocarbonyl (C=S) groups is 1. The Labute approximate surface area is 110 Å². The summed E-state index contributed by atoms with van der Waals surface area (Å²) in [4.78, 5) is 0. The van der Waals surface area contributed by atoms with Crippen LogP contribution in [0.15, 0.2) is 12.1 Å². The molecule has 0 aromatic heterocycles. The maximum Gasteiger partial charge on any atom is 0.171 e. The Balaban J connectivity index is 2.12. The van der Waals surface area contributed by atoms with E-state index in [0.29, 0.717) is 26.9 Å². The number of halogens is 2. The van der Waals surface area contributed by atoms with E-state index in [2.05, 4.69) is 10.6 Å². The van der Waals surface area contributed by atoms with Gasteiger partial charge in [0.1, 0.15) is 0 Å². The maximum atomic E-state index is 6.16. The SMILES string of the molecule is Cc1ccc(Cl)c(NC(=S)NC2CC2)c1Cl. The van der Waals surface area contributed by atoms with Gasteiger partial charge >= 0.3 is 0 Å². The Hall–Kier alpha value is -0.510. The van der Waals surface area contributed by atoms with Crippen molar-refractivity contribution >= 4 is 46.2 Å². The molecule has 1 aromatic carbocycles. The monoisotopic (exact) mass is 274 g/mol. The van der Waals surface area contributed by atoms with Gasteiger partial charge in [0.25, 0.3) is 0 Å². The first-order valence-electron chi connectivity index (χ1n) is 5.10. The molecule has 0 unspecified atom stereocenters. The second-order valence-corrected chi connectivity index (χ2v) is 5.12. The summed E-state index contributed by atoms with van der Waals surface area (Å²) >= 11 is 17.4. The lowest BCUT2D eigenvalue weighted by atomic mass is 10.2. The minimum Gasteiger partial charge on any atom is -0.360 e. The van der Waals surface area contributed by atoms with Gasteiger partial charge in [0, 0.05) is 6.04 Å². The minimum absolute atomic E-state index is 0.516. The Morgan fingerprint density at radius 1 is 1.38 bits per heavy atom. The van der Waals surface area contributed by atoms with Crippen molar-refractivity contribution in [3.63, 3.8) is 0 Å². The largest absolute Gasteiger partial charge is 0.360 e. The quantitative estimate of drug-likeness (QED) is 0.804. The summed E-state index contributed by atoms with van der Waals surface area (Å²) in [5.41, 5.74) is 1.66. The Morgan fingerprint density at radius 3 is 2.69 bits per heavy atom. The zero-order valence-corrected chi connectivity index (χ0v) is 11.1. The van der Waals surface area contributed by atoms with Gasteiger partial charge in [-0.2, -0.15) is 0 Å². The number of rotatable bonds is 2. The molecule has 1 saturated carbocycles. The third-order valence-corrected chi connectivity index (χ3v) is 3.46. The number of anilines is 1. The first-order valence-corrected chi connectivity index (χ1v) is 6.26. The zero-order valence-electron chi connectivity index (χ0n) is 8.81. The topological polar surface area (TPSA) is 24.1 Å². The van der Waals surface area contributed by atoms with Crippen molar-refractivity contribution in [2.24, 2.45) is 0 Å². The van der Waals surface area contributed by atoms with Gasteiger partial charge in [0.15, 0.2) is 5.11 Å². The summed E-state index contributed by atoms with van der Waals surface area (Å²) in [5, 5.41) is 8.00. The molecule has 2 N–H and O–H groups in total. The predicted octanol–water partition coefficient (Wildman–Crippen LogP) is 3.75. The first kappa shape index (κ1) is 12.0. The average Bonchev–Trinajstić information content (AvgIpc) is 3.02. The van der Waals surface area contributed by atoms with Crippen molar-refractivity contribution in [3.05, 3.63) is 27.7 Å². The van der Waals surface area contributed by atoms with E-state index in [1.807, 2.05) is 19.1 Å². The van der Waals surface area contributed by atoms with E-state index < -0.39 is 0 Å². The van der Waals surface area contributed by atoms with Crippen molar-refractivity contribution in [1.82, 2.24) is 5.32 Å². The lowest BCUT2D eigenvalue weighted by Crippen LogP contribution is -2.30. The summed E-state index contributed by atoms with van der Waals surface area (Å²) in [6.07, 6.45) is 2.36. The highest BCUT2D eigenvalue weighted by Gasteiger charge is 2.22. The molecule has 0 radical (unpaired) electrons. The number of aryl methyl sites for hydroxylation is 1. The van der Waals surface area contributed by atoms with Gasteiger partial charge < -0.3 is 10.6 Å². The highest BCUT2D eigenvalue weighted by atomic mass is 35.5. The molecule has 0 saturated heterocycles. The van der Waals surface area contributed by atoms with Crippen molar-refractivity contribution in [1.29, 1.82) is 0 Å². The van der Waals surface area contributed by atoms with Crippen LogP contribution in [-0.2, 0) is 0 Å². The summed E-state index contributed by atoms with van der Waals surface area (Å²) in [7, 11) is 0. The highest BCUT2D eigenvalue weighted by Crippen LogP contribution is 2.33. The fraction of sp³-hybridized carbons (Fsp3) is 0.364. The van der Waals surface area contributed by atoms with Crippen molar-refractivity contribution in [3.8, 4) is 0 Å². The van der Waals surface area contributed by atoms with E-state index in [4.69, 9.17) is 35.4 Å². The van der Waals surface area contributed by atoms with Gasteiger partial charge in [-0.3, -0.25) is 0 Å². The van der Waals surface area contributed by atoms with E-state index in [9.17, 15) is 0 Å². The summed E-state index contributed by atoms with van der Waals surface area (Å²) in [6.45, 7) is 1.93.